The largest absolute Gasteiger partial charge is 0.472 e. The second kappa shape index (κ2) is 6.42. The first-order valence-electron chi connectivity index (χ1n) is 7.71. The number of para-hydroxylation sites is 1. The average molecular weight is 327 g/mol. The molecule has 0 N–H and O–H groups in total. The molecule has 25 heavy (non-hydrogen) atoms. The first-order valence-corrected chi connectivity index (χ1v) is 7.71. The fourth-order valence-corrected chi connectivity index (χ4v) is 2.52. The van der Waals surface area contributed by atoms with Crippen molar-refractivity contribution in [2.75, 3.05) is 0 Å². The van der Waals surface area contributed by atoms with Crippen molar-refractivity contribution in [3.63, 3.8) is 0 Å². The zero-order valence-electron chi connectivity index (χ0n) is 13.2. The predicted molar refractivity (Wildman–Crippen MR) is 92.1 cm³/mol. The van der Waals surface area contributed by atoms with Crippen LogP contribution in [0.4, 0.5) is 0 Å². The van der Waals surface area contributed by atoms with E-state index in [0.29, 0.717) is 23.7 Å². The normalized spacial score (nSPS) is 10.5. The summed E-state index contributed by atoms with van der Waals surface area (Å²) < 4.78 is 7.60. The Morgan fingerprint density at radius 1 is 1.00 bits per heavy atom. The number of rotatable bonds is 4. The molecule has 0 bridgehead atoms. The highest BCUT2D eigenvalue weighted by molar-refractivity contribution is 5.81. The monoisotopic (exact) mass is 327 g/mol. The Hall–Kier alpha value is -3.72. The van der Waals surface area contributed by atoms with Crippen LogP contribution in [0.15, 0.2) is 67.1 Å². The van der Waals surface area contributed by atoms with Crippen LogP contribution in [0, 0.1) is 11.3 Å². The lowest BCUT2D eigenvalue weighted by atomic mass is 10.2. The molecule has 120 valence electrons. The maximum atomic E-state index is 8.84. The molecule has 0 aliphatic carbocycles. The van der Waals surface area contributed by atoms with Crippen molar-refractivity contribution in [2.45, 2.75) is 6.61 Å². The summed E-state index contributed by atoms with van der Waals surface area (Å²) in [6.07, 6.45) is 3.17. The quantitative estimate of drug-likeness (QED) is 0.575. The molecule has 6 heteroatoms. The minimum Gasteiger partial charge on any atom is -0.472 e. The zero-order chi connectivity index (χ0) is 17.1. The number of fused-ring (bicyclic) bond motifs is 1. The minimum atomic E-state index is 0.355. The molecule has 4 rings (SSSR count). The lowest BCUT2D eigenvalue weighted by Gasteiger charge is -2.07. The summed E-state index contributed by atoms with van der Waals surface area (Å²) in [7, 11) is 0. The van der Waals surface area contributed by atoms with E-state index in [9.17, 15) is 0 Å². The fourth-order valence-electron chi connectivity index (χ4n) is 2.52. The SMILES string of the molecule is N#Cc1ccc(COc2ncnc3c2cnn3-c2ccccc2)cc1. The lowest BCUT2D eigenvalue weighted by molar-refractivity contribution is 0.297. The standard InChI is InChI=1S/C19H13N5O/c20-10-14-6-8-15(9-7-14)12-25-19-17-11-23-24(18(17)21-13-22-19)16-4-2-1-3-5-16/h1-9,11,13H,12H2. The van der Waals surface area contributed by atoms with Crippen LogP contribution in [0.5, 0.6) is 5.88 Å². The summed E-state index contributed by atoms with van der Waals surface area (Å²) in [6.45, 7) is 0.355. The Morgan fingerprint density at radius 3 is 2.56 bits per heavy atom. The molecule has 4 aromatic rings. The van der Waals surface area contributed by atoms with Gasteiger partial charge in [-0.25, -0.2) is 14.6 Å². The van der Waals surface area contributed by atoms with Crippen LogP contribution in [-0.4, -0.2) is 19.7 Å². The molecule has 0 unspecified atom stereocenters. The first-order chi connectivity index (χ1) is 12.3. The van der Waals surface area contributed by atoms with Crippen LogP contribution in [0.1, 0.15) is 11.1 Å². The molecule has 0 radical (unpaired) electrons. The highest BCUT2D eigenvalue weighted by Gasteiger charge is 2.12. The van der Waals surface area contributed by atoms with Crippen molar-refractivity contribution in [3.05, 3.63) is 78.2 Å². The molecule has 0 atom stereocenters. The van der Waals surface area contributed by atoms with Gasteiger partial charge in [-0.1, -0.05) is 30.3 Å². The summed E-state index contributed by atoms with van der Waals surface area (Å²) in [5.41, 5.74) is 3.20. The van der Waals surface area contributed by atoms with Gasteiger partial charge in [-0.05, 0) is 29.8 Å². The molecule has 0 aliphatic rings. The molecule has 0 amide bonds. The molecule has 6 nitrogen and oxygen atoms in total. The molecular weight excluding hydrogens is 314 g/mol. The molecule has 2 aromatic carbocycles. The van der Waals surface area contributed by atoms with Crippen LogP contribution in [0.3, 0.4) is 0 Å². The number of nitrogens with zero attached hydrogens (tertiary/aromatic N) is 5. The average Bonchev–Trinajstić information content (AvgIpc) is 3.12. The number of aromatic nitrogens is 4. The molecule has 0 fully saturated rings. The van der Waals surface area contributed by atoms with E-state index in [1.165, 1.54) is 6.33 Å². The molecule has 0 spiro atoms. The van der Waals surface area contributed by atoms with Gasteiger partial charge in [-0.3, -0.25) is 0 Å². The van der Waals surface area contributed by atoms with E-state index >= 15 is 0 Å². The maximum Gasteiger partial charge on any atom is 0.228 e. The molecule has 2 aromatic heterocycles. The Bertz CT molecular complexity index is 1050. The molecule has 0 aliphatic heterocycles. The van der Waals surface area contributed by atoms with Crippen molar-refractivity contribution < 1.29 is 4.74 Å². The number of ether oxygens (including phenoxy) is 1. The van der Waals surface area contributed by atoms with E-state index in [-0.39, 0.29) is 0 Å². The van der Waals surface area contributed by atoms with Gasteiger partial charge in [0, 0.05) is 0 Å². The van der Waals surface area contributed by atoms with Gasteiger partial charge in [0.25, 0.3) is 0 Å². The molecule has 0 saturated carbocycles. The van der Waals surface area contributed by atoms with E-state index in [1.54, 1.807) is 23.0 Å². The third kappa shape index (κ3) is 2.91. The maximum absolute atomic E-state index is 8.84. The second-order valence-corrected chi connectivity index (χ2v) is 5.41. The van der Waals surface area contributed by atoms with Crippen LogP contribution < -0.4 is 4.74 Å². The van der Waals surface area contributed by atoms with Gasteiger partial charge in [0.1, 0.15) is 18.3 Å². The molecular formula is C19H13N5O. The van der Waals surface area contributed by atoms with Crippen LogP contribution >= 0.6 is 0 Å². The third-order valence-corrected chi connectivity index (χ3v) is 3.79. The summed E-state index contributed by atoms with van der Waals surface area (Å²) in [5, 5.41) is 14.0. The molecule has 0 saturated heterocycles. The van der Waals surface area contributed by atoms with Gasteiger partial charge < -0.3 is 4.74 Å². The summed E-state index contributed by atoms with van der Waals surface area (Å²) >= 11 is 0. The number of hydrogen-bond acceptors (Lipinski definition) is 5. The van der Waals surface area contributed by atoms with E-state index in [0.717, 1.165) is 16.6 Å². The Kier molecular flexibility index (Phi) is 3.81. The van der Waals surface area contributed by atoms with Crippen LogP contribution in [0.2, 0.25) is 0 Å². The van der Waals surface area contributed by atoms with Gasteiger partial charge in [0.2, 0.25) is 5.88 Å². The van der Waals surface area contributed by atoms with E-state index in [2.05, 4.69) is 21.1 Å². The highest BCUT2D eigenvalue weighted by atomic mass is 16.5. The van der Waals surface area contributed by atoms with Gasteiger partial charge in [-0.2, -0.15) is 10.4 Å². The van der Waals surface area contributed by atoms with Crippen LogP contribution in [0.25, 0.3) is 16.7 Å². The number of nitriles is 1. The summed E-state index contributed by atoms with van der Waals surface area (Å²) in [6, 6.07) is 19.1. The second-order valence-electron chi connectivity index (χ2n) is 5.41. The van der Waals surface area contributed by atoms with E-state index in [4.69, 9.17) is 10.00 Å². The van der Waals surface area contributed by atoms with Gasteiger partial charge in [0.15, 0.2) is 5.65 Å². The molecule has 2 heterocycles. The van der Waals surface area contributed by atoms with Crippen molar-refractivity contribution >= 4 is 11.0 Å². The smallest absolute Gasteiger partial charge is 0.228 e. The van der Waals surface area contributed by atoms with E-state index in [1.807, 2.05) is 42.5 Å². The van der Waals surface area contributed by atoms with E-state index < -0.39 is 0 Å². The lowest BCUT2D eigenvalue weighted by Crippen LogP contribution is -2.00. The minimum absolute atomic E-state index is 0.355. The Morgan fingerprint density at radius 2 is 1.80 bits per heavy atom. The third-order valence-electron chi connectivity index (χ3n) is 3.79. The topological polar surface area (TPSA) is 76.6 Å². The van der Waals surface area contributed by atoms with Gasteiger partial charge in [0.05, 0.1) is 23.5 Å². The highest BCUT2D eigenvalue weighted by Crippen LogP contribution is 2.23. The summed E-state index contributed by atoms with van der Waals surface area (Å²) in [4.78, 5) is 8.55. The van der Waals surface area contributed by atoms with Crippen molar-refractivity contribution in [2.24, 2.45) is 0 Å². The van der Waals surface area contributed by atoms with Crippen molar-refractivity contribution in [1.29, 1.82) is 5.26 Å². The number of hydrogen-bond donors (Lipinski definition) is 0. The Balaban J connectivity index is 1.62. The first kappa shape index (κ1) is 14.8. The predicted octanol–water partition coefficient (Wildman–Crippen LogP) is 3.27. The Labute approximate surface area is 144 Å². The summed E-state index contributed by atoms with van der Waals surface area (Å²) in [5.74, 6) is 0.483. The zero-order valence-corrected chi connectivity index (χ0v) is 13.2. The van der Waals surface area contributed by atoms with Crippen molar-refractivity contribution in [3.8, 4) is 17.6 Å². The number of benzene rings is 2. The fraction of sp³-hybridized carbons (Fsp3) is 0.0526. The van der Waals surface area contributed by atoms with Crippen molar-refractivity contribution in [1.82, 2.24) is 19.7 Å². The van der Waals surface area contributed by atoms with Crippen LogP contribution in [-0.2, 0) is 6.61 Å². The van der Waals surface area contributed by atoms with Gasteiger partial charge >= 0.3 is 0 Å². The van der Waals surface area contributed by atoms with Gasteiger partial charge in [-0.15, -0.1) is 0 Å².